The molecule has 0 unspecified atom stereocenters. The van der Waals surface area contributed by atoms with Crippen LogP contribution in [0, 0.1) is 5.82 Å². The summed E-state index contributed by atoms with van der Waals surface area (Å²) in [5.74, 6) is -0.842. The molecule has 3 N–H and O–H groups in total. The molecule has 0 atom stereocenters. The van der Waals surface area contributed by atoms with E-state index in [1.807, 2.05) is 0 Å². The van der Waals surface area contributed by atoms with E-state index in [0.717, 1.165) is 6.07 Å². The molecule has 21 heavy (non-hydrogen) atoms. The highest BCUT2D eigenvalue weighted by Crippen LogP contribution is 2.35. The van der Waals surface area contributed by atoms with Crippen molar-refractivity contribution in [3.8, 4) is 0 Å². The molecule has 2 rings (SSSR count). The van der Waals surface area contributed by atoms with Crippen molar-refractivity contribution in [2.24, 2.45) is 0 Å². The normalized spacial score (nSPS) is 11.4. The lowest BCUT2D eigenvalue weighted by Crippen LogP contribution is -2.16. The van der Waals surface area contributed by atoms with Crippen molar-refractivity contribution < 1.29 is 12.8 Å². The fourth-order valence-corrected chi connectivity index (χ4v) is 3.85. The average Bonchev–Trinajstić information content (AvgIpc) is 2.37. The van der Waals surface area contributed by atoms with E-state index in [1.165, 1.54) is 24.3 Å². The Morgan fingerprint density at radius 2 is 1.67 bits per heavy atom. The summed E-state index contributed by atoms with van der Waals surface area (Å²) in [6.07, 6.45) is 0. The first-order valence-corrected chi connectivity index (χ1v) is 8.05. The number of nitrogens with one attached hydrogen (secondary N) is 1. The Balaban J connectivity index is 2.50. The van der Waals surface area contributed by atoms with Gasteiger partial charge in [0.15, 0.2) is 0 Å². The van der Waals surface area contributed by atoms with Gasteiger partial charge in [-0.15, -0.1) is 0 Å². The number of sulfonamides is 1. The Hall–Kier alpha value is -1.21. The van der Waals surface area contributed by atoms with Crippen LogP contribution in [0.3, 0.4) is 0 Å². The van der Waals surface area contributed by atoms with E-state index in [-0.39, 0.29) is 20.8 Å². The number of anilines is 2. The Labute approximate surface area is 135 Å². The first-order valence-electron chi connectivity index (χ1n) is 5.43. The van der Waals surface area contributed by atoms with Crippen LogP contribution in [0.15, 0.2) is 35.2 Å². The fourth-order valence-electron chi connectivity index (χ4n) is 1.58. The number of para-hydroxylation sites is 1. The van der Waals surface area contributed by atoms with E-state index in [2.05, 4.69) is 4.72 Å². The maximum atomic E-state index is 13.4. The predicted octanol–water partition coefficient (Wildman–Crippen LogP) is 4.17. The highest BCUT2D eigenvalue weighted by atomic mass is 35.5. The van der Waals surface area contributed by atoms with Gasteiger partial charge in [0.2, 0.25) is 0 Å². The molecule has 0 saturated heterocycles. The van der Waals surface area contributed by atoms with Crippen molar-refractivity contribution in [2.75, 3.05) is 10.5 Å². The van der Waals surface area contributed by atoms with Gasteiger partial charge in [-0.05, 0) is 24.3 Å². The molecule has 2 aromatic carbocycles. The van der Waals surface area contributed by atoms with Gasteiger partial charge in [0.05, 0.1) is 21.4 Å². The molecule has 112 valence electrons. The summed E-state index contributed by atoms with van der Waals surface area (Å²) >= 11 is 17.5. The zero-order valence-electron chi connectivity index (χ0n) is 10.2. The molecule has 0 saturated carbocycles. The van der Waals surface area contributed by atoms with Crippen molar-refractivity contribution in [2.45, 2.75) is 4.90 Å². The molecule has 0 fully saturated rings. The number of nitrogens with two attached hydrogens (primary N) is 1. The minimum atomic E-state index is -4.15. The summed E-state index contributed by atoms with van der Waals surface area (Å²) in [4.78, 5) is -0.412. The van der Waals surface area contributed by atoms with Crippen LogP contribution in [-0.2, 0) is 10.0 Å². The number of rotatable bonds is 3. The molecule has 0 aliphatic heterocycles. The fraction of sp³-hybridized carbons (Fsp3) is 0. The summed E-state index contributed by atoms with van der Waals surface area (Å²) in [6, 6.07) is 6.09. The number of hydrogen-bond donors (Lipinski definition) is 2. The largest absolute Gasteiger partial charge is 0.395 e. The number of halogens is 4. The van der Waals surface area contributed by atoms with Gasteiger partial charge in [-0.3, -0.25) is 4.72 Å². The van der Waals surface area contributed by atoms with E-state index >= 15 is 0 Å². The van der Waals surface area contributed by atoms with Crippen LogP contribution >= 0.6 is 34.8 Å². The second kappa shape index (κ2) is 5.88. The molecule has 0 spiro atoms. The third-order valence-electron chi connectivity index (χ3n) is 2.55. The molecule has 0 amide bonds. The van der Waals surface area contributed by atoms with Crippen molar-refractivity contribution in [1.82, 2.24) is 0 Å². The van der Waals surface area contributed by atoms with Crippen LogP contribution in [0.5, 0.6) is 0 Å². The topological polar surface area (TPSA) is 72.2 Å². The molecular formula is C12H8Cl3FN2O2S. The van der Waals surface area contributed by atoms with Crippen LogP contribution in [0.4, 0.5) is 15.8 Å². The smallest absolute Gasteiger partial charge is 0.264 e. The zero-order valence-corrected chi connectivity index (χ0v) is 13.3. The van der Waals surface area contributed by atoms with Crippen LogP contribution in [0.1, 0.15) is 0 Å². The van der Waals surface area contributed by atoms with Crippen molar-refractivity contribution in [1.29, 1.82) is 0 Å². The maximum Gasteiger partial charge on any atom is 0.264 e. The first kappa shape index (κ1) is 16.2. The summed E-state index contributed by atoms with van der Waals surface area (Å²) in [5, 5.41) is 0.260. The van der Waals surface area contributed by atoms with Crippen molar-refractivity contribution >= 4 is 56.2 Å². The van der Waals surface area contributed by atoms with Gasteiger partial charge in [-0.1, -0.05) is 40.9 Å². The lowest BCUT2D eigenvalue weighted by atomic mass is 10.3. The van der Waals surface area contributed by atoms with Crippen LogP contribution in [0.25, 0.3) is 0 Å². The Bertz CT molecular complexity index is 789. The van der Waals surface area contributed by atoms with Gasteiger partial charge in [0, 0.05) is 5.02 Å². The average molecular weight is 370 g/mol. The lowest BCUT2D eigenvalue weighted by Gasteiger charge is -2.13. The molecule has 9 heteroatoms. The molecule has 0 aliphatic rings. The Morgan fingerprint density at radius 1 is 1.10 bits per heavy atom. The van der Waals surface area contributed by atoms with Gasteiger partial charge < -0.3 is 5.73 Å². The highest BCUT2D eigenvalue weighted by Gasteiger charge is 2.22. The highest BCUT2D eigenvalue weighted by molar-refractivity contribution is 7.93. The third kappa shape index (κ3) is 3.35. The molecule has 0 bridgehead atoms. The monoisotopic (exact) mass is 368 g/mol. The summed E-state index contributed by atoms with van der Waals surface area (Å²) < 4.78 is 40.1. The predicted molar refractivity (Wildman–Crippen MR) is 83.1 cm³/mol. The van der Waals surface area contributed by atoms with E-state index in [1.54, 1.807) is 0 Å². The lowest BCUT2D eigenvalue weighted by molar-refractivity contribution is 0.597. The van der Waals surface area contributed by atoms with E-state index in [9.17, 15) is 12.8 Å². The second-order valence-corrected chi connectivity index (χ2v) is 6.90. The summed E-state index contributed by atoms with van der Waals surface area (Å²) in [6.45, 7) is 0. The second-order valence-electron chi connectivity index (χ2n) is 4.00. The quantitative estimate of drug-likeness (QED) is 0.798. The van der Waals surface area contributed by atoms with E-state index < -0.39 is 26.4 Å². The standard InChI is InChI=1S/C12H8Cl3FN2O2S/c13-6-4-7(14)12(8(15)5-6)18-21(19,20)10-3-1-2-9(16)11(10)17/h1-5,18H,17H2. The number of hydrogen-bond acceptors (Lipinski definition) is 3. The Morgan fingerprint density at radius 3 is 2.24 bits per heavy atom. The molecule has 4 nitrogen and oxygen atoms in total. The minimum Gasteiger partial charge on any atom is -0.395 e. The maximum absolute atomic E-state index is 13.4. The third-order valence-corrected chi connectivity index (χ3v) is 4.77. The van der Waals surface area contributed by atoms with Crippen LogP contribution in [0.2, 0.25) is 15.1 Å². The molecular weight excluding hydrogens is 362 g/mol. The molecule has 0 heterocycles. The van der Waals surface area contributed by atoms with Crippen molar-refractivity contribution in [3.05, 3.63) is 51.2 Å². The van der Waals surface area contributed by atoms with E-state index in [4.69, 9.17) is 40.5 Å². The molecule has 0 aliphatic carbocycles. The van der Waals surface area contributed by atoms with Gasteiger partial charge in [-0.2, -0.15) is 0 Å². The van der Waals surface area contributed by atoms with Gasteiger partial charge in [0.25, 0.3) is 10.0 Å². The van der Waals surface area contributed by atoms with Crippen LogP contribution < -0.4 is 10.5 Å². The van der Waals surface area contributed by atoms with E-state index in [0.29, 0.717) is 0 Å². The molecule has 0 radical (unpaired) electrons. The first-order chi connectivity index (χ1) is 9.72. The zero-order chi connectivity index (χ0) is 15.8. The minimum absolute atomic E-state index is 0.00560. The van der Waals surface area contributed by atoms with Crippen molar-refractivity contribution in [3.63, 3.8) is 0 Å². The van der Waals surface area contributed by atoms with Crippen LogP contribution in [-0.4, -0.2) is 8.42 Å². The number of benzene rings is 2. The van der Waals surface area contributed by atoms with Gasteiger partial charge in [0.1, 0.15) is 10.7 Å². The molecule has 0 aromatic heterocycles. The number of nitrogen functional groups attached to an aromatic ring is 1. The van der Waals surface area contributed by atoms with Gasteiger partial charge in [-0.25, -0.2) is 12.8 Å². The molecule has 2 aromatic rings. The summed E-state index contributed by atoms with van der Waals surface area (Å²) in [7, 11) is -4.15. The Kier molecular flexibility index (Phi) is 4.53. The van der Waals surface area contributed by atoms with Gasteiger partial charge >= 0.3 is 0 Å². The summed E-state index contributed by atoms with van der Waals surface area (Å²) in [5.41, 5.74) is 4.88. The SMILES string of the molecule is Nc1c(F)cccc1S(=O)(=O)Nc1c(Cl)cc(Cl)cc1Cl.